The molecule has 2 atom stereocenters. The topological polar surface area (TPSA) is 12.0 Å². The fourth-order valence-electron chi connectivity index (χ4n) is 2.33. The lowest BCUT2D eigenvalue weighted by Crippen LogP contribution is -2.24. The smallest absolute Gasteiger partial charge is 0.0595 e. The van der Waals surface area contributed by atoms with E-state index in [0.29, 0.717) is 10.0 Å². The first-order chi connectivity index (χ1) is 10.0. The Morgan fingerprint density at radius 3 is 2.10 bits per heavy atom. The lowest BCUT2D eigenvalue weighted by molar-refractivity contribution is 0.456. The third kappa shape index (κ3) is 4.37. The molecule has 0 saturated carbocycles. The lowest BCUT2D eigenvalue weighted by atomic mass is 10.0. The highest BCUT2D eigenvalue weighted by Gasteiger charge is 2.14. The molecule has 0 spiro atoms. The second kappa shape index (κ2) is 7.51. The zero-order valence-corrected chi connectivity index (χ0v) is 14.3. The molecule has 0 saturated heterocycles. The summed E-state index contributed by atoms with van der Waals surface area (Å²) in [6.07, 6.45) is 0.968. The molecule has 0 amide bonds. The Bertz CT molecular complexity index is 595. The van der Waals surface area contributed by atoms with Crippen LogP contribution in [-0.4, -0.2) is 0 Å². The fourth-order valence-corrected chi connectivity index (χ4v) is 2.76. The zero-order chi connectivity index (χ0) is 15.4. The van der Waals surface area contributed by atoms with Crippen molar-refractivity contribution in [1.29, 1.82) is 0 Å². The average Bonchev–Trinajstić information content (AvgIpc) is 2.48. The van der Waals surface area contributed by atoms with Gasteiger partial charge in [-0.2, -0.15) is 0 Å². The monoisotopic (exact) mass is 341 g/mol. The van der Waals surface area contributed by atoms with Crippen LogP contribution in [0.4, 0.5) is 0 Å². The van der Waals surface area contributed by atoms with Crippen molar-refractivity contribution in [1.82, 2.24) is 5.32 Å². The SMILES string of the molecule is CCC(N[C@@H](C)c1ccc(Cl)cc1)c1ccc(Cl)c(Cl)c1. The van der Waals surface area contributed by atoms with Crippen molar-refractivity contribution < 1.29 is 0 Å². The molecule has 0 aliphatic rings. The molecule has 0 fully saturated rings. The van der Waals surface area contributed by atoms with E-state index in [-0.39, 0.29) is 12.1 Å². The molecule has 0 aliphatic heterocycles. The van der Waals surface area contributed by atoms with Crippen LogP contribution >= 0.6 is 34.8 Å². The van der Waals surface area contributed by atoms with Crippen molar-refractivity contribution >= 4 is 34.8 Å². The average molecular weight is 343 g/mol. The number of rotatable bonds is 5. The normalized spacial score (nSPS) is 14.0. The van der Waals surface area contributed by atoms with E-state index in [1.165, 1.54) is 5.56 Å². The lowest BCUT2D eigenvalue weighted by Gasteiger charge is -2.23. The summed E-state index contributed by atoms with van der Waals surface area (Å²) in [7, 11) is 0. The predicted octanol–water partition coefficient (Wildman–Crippen LogP) is 6.45. The number of halogens is 3. The first kappa shape index (κ1) is 16.6. The van der Waals surface area contributed by atoms with E-state index >= 15 is 0 Å². The Morgan fingerprint density at radius 2 is 1.52 bits per heavy atom. The molecule has 0 bridgehead atoms. The summed E-state index contributed by atoms with van der Waals surface area (Å²) in [5, 5.41) is 5.55. The first-order valence-corrected chi connectivity index (χ1v) is 8.11. The van der Waals surface area contributed by atoms with Gasteiger partial charge in [0.2, 0.25) is 0 Å². The Hall–Kier alpha value is -0.730. The molecular formula is C17H18Cl3N. The second-order valence-corrected chi connectivity index (χ2v) is 6.33. The molecule has 0 heterocycles. The van der Waals surface area contributed by atoms with E-state index in [4.69, 9.17) is 34.8 Å². The molecule has 0 aliphatic carbocycles. The molecular weight excluding hydrogens is 325 g/mol. The highest BCUT2D eigenvalue weighted by Crippen LogP contribution is 2.28. The Kier molecular flexibility index (Phi) is 5.95. The van der Waals surface area contributed by atoms with E-state index in [1.807, 2.05) is 42.5 Å². The van der Waals surface area contributed by atoms with Gasteiger partial charge in [-0.3, -0.25) is 0 Å². The van der Waals surface area contributed by atoms with Gasteiger partial charge in [-0.05, 0) is 48.7 Å². The van der Waals surface area contributed by atoms with Crippen LogP contribution in [0, 0.1) is 0 Å². The van der Waals surface area contributed by atoms with Gasteiger partial charge in [-0.25, -0.2) is 0 Å². The molecule has 0 radical (unpaired) electrons. The van der Waals surface area contributed by atoms with Gasteiger partial charge in [0.05, 0.1) is 10.0 Å². The van der Waals surface area contributed by atoms with E-state index < -0.39 is 0 Å². The van der Waals surface area contributed by atoms with Gasteiger partial charge in [0.15, 0.2) is 0 Å². The van der Waals surface area contributed by atoms with Gasteiger partial charge < -0.3 is 5.32 Å². The Labute approximate surface area is 141 Å². The molecule has 2 aromatic rings. The standard InChI is InChI=1S/C17H18Cl3N/c1-3-17(13-6-9-15(19)16(20)10-13)21-11(2)12-4-7-14(18)8-5-12/h4-11,17,21H,3H2,1-2H3/t11-,17?/m0/s1. The molecule has 21 heavy (non-hydrogen) atoms. The van der Waals surface area contributed by atoms with Crippen LogP contribution in [0.2, 0.25) is 15.1 Å². The van der Waals surface area contributed by atoms with Gasteiger partial charge in [0, 0.05) is 17.1 Å². The maximum absolute atomic E-state index is 6.11. The summed E-state index contributed by atoms with van der Waals surface area (Å²) in [4.78, 5) is 0. The van der Waals surface area contributed by atoms with Gasteiger partial charge in [-0.15, -0.1) is 0 Å². The molecule has 1 N–H and O–H groups in total. The van der Waals surface area contributed by atoms with Crippen molar-refractivity contribution in [2.45, 2.75) is 32.4 Å². The van der Waals surface area contributed by atoms with Gasteiger partial charge in [-0.1, -0.05) is 59.9 Å². The molecule has 0 aromatic heterocycles. The van der Waals surface area contributed by atoms with Gasteiger partial charge >= 0.3 is 0 Å². The molecule has 1 nitrogen and oxygen atoms in total. The quantitative estimate of drug-likeness (QED) is 0.658. The van der Waals surface area contributed by atoms with Crippen molar-refractivity contribution in [3.8, 4) is 0 Å². The van der Waals surface area contributed by atoms with Crippen LogP contribution in [0.5, 0.6) is 0 Å². The van der Waals surface area contributed by atoms with E-state index in [1.54, 1.807) is 0 Å². The van der Waals surface area contributed by atoms with Crippen molar-refractivity contribution in [2.24, 2.45) is 0 Å². The molecule has 2 aromatic carbocycles. The summed E-state index contributed by atoms with van der Waals surface area (Å²) >= 11 is 18.0. The van der Waals surface area contributed by atoms with Crippen molar-refractivity contribution in [3.05, 3.63) is 68.7 Å². The van der Waals surface area contributed by atoms with Gasteiger partial charge in [0.1, 0.15) is 0 Å². The van der Waals surface area contributed by atoms with Crippen LogP contribution in [0.25, 0.3) is 0 Å². The van der Waals surface area contributed by atoms with Crippen LogP contribution in [0.3, 0.4) is 0 Å². The van der Waals surface area contributed by atoms with E-state index in [2.05, 4.69) is 19.2 Å². The first-order valence-electron chi connectivity index (χ1n) is 6.97. The molecule has 4 heteroatoms. The molecule has 1 unspecified atom stereocenters. The maximum atomic E-state index is 6.11. The predicted molar refractivity (Wildman–Crippen MR) is 92.5 cm³/mol. The van der Waals surface area contributed by atoms with Crippen LogP contribution in [-0.2, 0) is 0 Å². The van der Waals surface area contributed by atoms with Crippen LogP contribution in [0.15, 0.2) is 42.5 Å². The van der Waals surface area contributed by atoms with Crippen molar-refractivity contribution in [2.75, 3.05) is 0 Å². The van der Waals surface area contributed by atoms with E-state index in [0.717, 1.165) is 17.0 Å². The number of benzene rings is 2. The minimum Gasteiger partial charge on any atom is -0.303 e. The summed E-state index contributed by atoms with van der Waals surface area (Å²) in [5.41, 5.74) is 2.35. The number of hydrogen-bond acceptors (Lipinski definition) is 1. The Morgan fingerprint density at radius 1 is 0.905 bits per heavy atom. The summed E-state index contributed by atoms with van der Waals surface area (Å²) in [6, 6.07) is 14.2. The summed E-state index contributed by atoms with van der Waals surface area (Å²) in [5.74, 6) is 0. The molecule has 2 rings (SSSR count). The fraction of sp³-hybridized carbons (Fsp3) is 0.294. The third-order valence-corrected chi connectivity index (χ3v) is 4.57. The maximum Gasteiger partial charge on any atom is 0.0595 e. The van der Waals surface area contributed by atoms with E-state index in [9.17, 15) is 0 Å². The van der Waals surface area contributed by atoms with Gasteiger partial charge in [0.25, 0.3) is 0 Å². The number of nitrogens with one attached hydrogen (secondary N) is 1. The highest BCUT2D eigenvalue weighted by molar-refractivity contribution is 6.42. The third-order valence-electron chi connectivity index (χ3n) is 3.58. The largest absolute Gasteiger partial charge is 0.303 e. The molecule has 112 valence electrons. The highest BCUT2D eigenvalue weighted by atomic mass is 35.5. The number of hydrogen-bond donors (Lipinski definition) is 1. The van der Waals surface area contributed by atoms with Crippen LogP contribution < -0.4 is 5.32 Å². The minimum atomic E-state index is 0.224. The summed E-state index contributed by atoms with van der Waals surface area (Å²) < 4.78 is 0. The minimum absolute atomic E-state index is 0.224. The zero-order valence-electron chi connectivity index (χ0n) is 12.0. The summed E-state index contributed by atoms with van der Waals surface area (Å²) in [6.45, 7) is 4.29. The Balaban J connectivity index is 2.14. The van der Waals surface area contributed by atoms with Crippen molar-refractivity contribution in [3.63, 3.8) is 0 Å². The second-order valence-electron chi connectivity index (χ2n) is 5.07. The van der Waals surface area contributed by atoms with Crippen LogP contribution in [0.1, 0.15) is 43.5 Å².